The first kappa shape index (κ1) is 10.8. The van der Waals surface area contributed by atoms with Crippen LogP contribution in [0.1, 0.15) is 5.82 Å². The molecule has 4 nitrogen and oxygen atoms in total. The summed E-state index contributed by atoms with van der Waals surface area (Å²) in [6, 6.07) is 7.42. The molecule has 0 atom stereocenters. The molecule has 0 radical (unpaired) electrons. The smallest absolute Gasteiger partial charge is 0.156 e. The van der Waals surface area contributed by atoms with E-state index in [1.807, 2.05) is 31.3 Å². The zero-order valence-electron chi connectivity index (χ0n) is 9.03. The molecule has 2 aromatic rings. The highest BCUT2D eigenvalue weighted by atomic mass is 35.5. The van der Waals surface area contributed by atoms with E-state index in [4.69, 9.17) is 11.6 Å². The molecule has 0 aliphatic heterocycles. The van der Waals surface area contributed by atoms with Gasteiger partial charge in [0.05, 0.1) is 0 Å². The summed E-state index contributed by atoms with van der Waals surface area (Å²) in [5.41, 5.74) is 1.67. The molecule has 1 heterocycles. The van der Waals surface area contributed by atoms with E-state index in [2.05, 4.69) is 20.5 Å². The fourth-order valence-corrected chi connectivity index (χ4v) is 1.51. The second kappa shape index (κ2) is 4.45. The van der Waals surface area contributed by atoms with Gasteiger partial charge in [-0.1, -0.05) is 23.7 Å². The van der Waals surface area contributed by atoms with Gasteiger partial charge in [-0.25, -0.2) is 4.98 Å². The van der Waals surface area contributed by atoms with E-state index in [1.165, 1.54) is 0 Å². The second-order valence-corrected chi connectivity index (χ2v) is 3.75. The third-order valence-corrected chi connectivity index (χ3v) is 2.40. The Bertz CT molecular complexity index is 496. The number of aromatic nitrogens is 3. The molecule has 2 rings (SSSR count). The molecular weight excluding hydrogens is 224 g/mol. The summed E-state index contributed by atoms with van der Waals surface area (Å²) >= 11 is 5.83. The van der Waals surface area contributed by atoms with E-state index in [-0.39, 0.29) is 0 Å². The molecule has 0 unspecified atom stereocenters. The summed E-state index contributed by atoms with van der Waals surface area (Å²) in [7, 11) is 1.81. The maximum absolute atomic E-state index is 5.83. The molecule has 0 amide bonds. The average Bonchev–Trinajstić information content (AvgIpc) is 2.30. The number of hydrogen-bond donors (Lipinski definition) is 1. The maximum atomic E-state index is 5.83. The van der Waals surface area contributed by atoms with Gasteiger partial charge in [-0.3, -0.25) is 0 Å². The molecule has 1 aromatic heterocycles. The molecule has 1 N–H and O–H groups in total. The van der Waals surface area contributed by atoms with Crippen LogP contribution < -0.4 is 5.32 Å². The molecule has 16 heavy (non-hydrogen) atoms. The number of nitrogens with zero attached hydrogens (tertiary/aromatic N) is 3. The molecule has 0 saturated heterocycles. The fourth-order valence-electron chi connectivity index (χ4n) is 1.38. The van der Waals surface area contributed by atoms with Crippen LogP contribution in [0.2, 0.25) is 5.02 Å². The van der Waals surface area contributed by atoms with E-state index in [9.17, 15) is 0 Å². The van der Waals surface area contributed by atoms with E-state index >= 15 is 0 Å². The van der Waals surface area contributed by atoms with E-state index < -0.39 is 0 Å². The van der Waals surface area contributed by atoms with Crippen LogP contribution in [0.15, 0.2) is 24.3 Å². The van der Waals surface area contributed by atoms with Crippen molar-refractivity contribution in [2.75, 3.05) is 12.4 Å². The van der Waals surface area contributed by atoms with Crippen molar-refractivity contribution in [3.63, 3.8) is 0 Å². The number of rotatable bonds is 2. The first-order valence-electron chi connectivity index (χ1n) is 4.85. The lowest BCUT2D eigenvalue weighted by molar-refractivity contribution is 0.916. The fraction of sp³-hybridized carbons (Fsp3) is 0.182. The molecule has 0 fully saturated rings. The van der Waals surface area contributed by atoms with Crippen molar-refractivity contribution >= 4 is 17.4 Å². The topological polar surface area (TPSA) is 50.7 Å². The first-order chi connectivity index (χ1) is 7.70. The highest BCUT2D eigenvalue weighted by molar-refractivity contribution is 6.30. The standard InChI is InChI=1S/C11H11ClN4/c1-7-14-11(13-2)10(16-15-7)8-3-5-9(12)6-4-8/h3-6H,1-2H3,(H,13,14,15). The van der Waals surface area contributed by atoms with Gasteiger partial charge >= 0.3 is 0 Å². The number of anilines is 1. The summed E-state index contributed by atoms with van der Waals surface area (Å²) in [6.45, 7) is 1.81. The normalized spacial score (nSPS) is 10.2. The number of aryl methyl sites for hydroxylation is 1. The van der Waals surface area contributed by atoms with E-state index in [0.29, 0.717) is 10.8 Å². The van der Waals surface area contributed by atoms with Gasteiger partial charge in [0.1, 0.15) is 11.5 Å². The second-order valence-electron chi connectivity index (χ2n) is 3.31. The SMILES string of the molecule is CNc1nc(C)nnc1-c1ccc(Cl)cc1. The zero-order chi connectivity index (χ0) is 11.5. The Hall–Kier alpha value is -1.68. The van der Waals surface area contributed by atoms with Crippen LogP contribution >= 0.6 is 11.6 Å². The van der Waals surface area contributed by atoms with Crippen molar-refractivity contribution in [1.29, 1.82) is 0 Å². The van der Waals surface area contributed by atoms with Crippen LogP contribution in [0.4, 0.5) is 5.82 Å². The maximum Gasteiger partial charge on any atom is 0.156 e. The summed E-state index contributed by atoms with van der Waals surface area (Å²) in [6.07, 6.45) is 0. The molecule has 1 aromatic carbocycles. The summed E-state index contributed by atoms with van der Waals surface area (Å²) in [5.74, 6) is 1.36. The Morgan fingerprint density at radius 3 is 2.44 bits per heavy atom. The molecule has 5 heteroatoms. The Balaban J connectivity index is 2.51. The predicted octanol–water partition coefficient (Wildman–Crippen LogP) is 2.54. The quantitative estimate of drug-likeness (QED) is 0.868. The molecule has 0 spiro atoms. The lowest BCUT2D eigenvalue weighted by atomic mass is 10.1. The van der Waals surface area contributed by atoms with Gasteiger partial charge in [0.25, 0.3) is 0 Å². The number of halogens is 1. The van der Waals surface area contributed by atoms with E-state index in [1.54, 1.807) is 6.92 Å². The van der Waals surface area contributed by atoms with Gasteiger partial charge in [0, 0.05) is 17.6 Å². The van der Waals surface area contributed by atoms with Gasteiger partial charge in [-0.15, -0.1) is 10.2 Å². The zero-order valence-corrected chi connectivity index (χ0v) is 9.78. The summed E-state index contributed by atoms with van der Waals surface area (Å²) in [4.78, 5) is 4.27. The van der Waals surface area contributed by atoms with Crippen molar-refractivity contribution < 1.29 is 0 Å². The number of benzene rings is 1. The van der Waals surface area contributed by atoms with Crippen LogP contribution in [0.5, 0.6) is 0 Å². The van der Waals surface area contributed by atoms with Crippen molar-refractivity contribution in [2.45, 2.75) is 6.92 Å². The van der Waals surface area contributed by atoms with E-state index in [0.717, 1.165) is 17.1 Å². The van der Waals surface area contributed by atoms with Gasteiger partial charge in [0.15, 0.2) is 5.82 Å². The first-order valence-corrected chi connectivity index (χ1v) is 5.23. The largest absolute Gasteiger partial charge is 0.371 e. The number of hydrogen-bond acceptors (Lipinski definition) is 4. The Kier molecular flexibility index (Phi) is 3.01. The predicted molar refractivity (Wildman–Crippen MR) is 64.6 cm³/mol. The molecule has 0 bridgehead atoms. The average molecular weight is 235 g/mol. The van der Waals surface area contributed by atoms with Gasteiger partial charge in [-0.05, 0) is 19.1 Å². The van der Waals surface area contributed by atoms with Crippen molar-refractivity contribution in [1.82, 2.24) is 15.2 Å². The lowest BCUT2D eigenvalue weighted by Gasteiger charge is -2.06. The summed E-state index contributed by atoms with van der Waals surface area (Å²) < 4.78 is 0. The van der Waals surface area contributed by atoms with Crippen molar-refractivity contribution in [3.05, 3.63) is 35.1 Å². The minimum Gasteiger partial charge on any atom is -0.371 e. The third kappa shape index (κ3) is 2.12. The lowest BCUT2D eigenvalue weighted by Crippen LogP contribution is -2.02. The molecular formula is C11H11ClN4. The van der Waals surface area contributed by atoms with Crippen LogP contribution in [-0.4, -0.2) is 22.2 Å². The molecule has 0 aliphatic carbocycles. The Labute approximate surface area is 98.7 Å². The minimum absolute atomic E-state index is 0.641. The summed E-state index contributed by atoms with van der Waals surface area (Å²) in [5, 5.41) is 11.8. The molecule has 0 saturated carbocycles. The highest BCUT2D eigenvalue weighted by Gasteiger charge is 2.08. The molecule has 82 valence electrons. The molecule has 0 aliphatic rings. The van der Waals surface area contributed by atoms with Gasteiger partial charge in [-0.2, -0.15) is 0 Å². The minimum atomic E-state index is 0.641. The monoisotopic (exact) mass is 234 g/mol. The third-order valence-electron chi connectivity index (χ3n) is 2.15. The highest BCUT2D eigenvalue weighted by Crippen LogP contribution is 2.24. The Morgan fingerprint density at radius 2 is 1.81 bits per heavy atom. The number of nitrogens with one attached hydrogen (secondary N) is 1. The van der Waals surface area contributed by atoms with Crippen LogP contribution in [0.3, 0.4) is 0 Å². The van der Waals surface area contributed by atoms with Crippen LogP contribution in [-0.2, 0) is 0 Å². The van der Waals surface area contributed by atoms with Crippen LogP contribution in [0.25, 0.3) is 11.3 Å². The van der Waals surface area contributed by atoms with Gasteiger partial charge in [0.2, 0.25) is 0 Å². The van der Waals surface area contributed by atoms with Gasteiger partial charge < -0.3 is 5.32 Å². The van der Waals surface area contributed by atoms with Crippen molar-refractivity contribution in [2.24, 2.45) is 0 Å². The Morgan fingerprint density at radius 1 is 1.12 bits per heavy atom. The van der Waals surface area contributed by atoms with Crippen LogP contribution in [0, 0.1) is 6.92 Å². The van der Waals surface area contributed by atoms with Crippen molar-refractivity contribution in [3.8, 4) is 11.3 Å².